The molecule has 3 aromatic rings. The second-order valence-electron chi connectivity index (χ2n) is 6.57. The van der Waals surface area contributed by atoms with Gasteiger partial charge in [0, 0.05) is 16.3 Å². The van der Waals surface area contributed by atoms with Gasteiger partial charge in [-0.05, 0) is 48.0 Å². The normalized spacial score (nSPS) is 18.3. The van der Waals surface area contributed by atoms with Crippen molar-refractivity contribution in [2.24, 2.45) is 0 Å². The van der Waals surface area contributed by atoms with Gasteiger partial charge < -0.3 is 5.11 Å². The smallest absolute Gasteiger partial charge is 0.300 e. The van der Waals surface area contributed by atoms with Gasteiger partial charge in [-0.3, -0.25) is 14.5 Å². The van der Waals surface area contributed by atoms with E-state index < -0.39 is 23.5 Å². The van der Waals surface area contributed by atoms with Crippen molar-refractivity contribution in [3.63, 3.8) is 0 Å². The first-order valence-electron chi connectivity index (χ1n) is 8.85. The Labute approximate surface area is 171 Å². The van der Waals surface area contributed by atoms with Crippen LogP contribution in [0, 0.1) is 5.82 Å². The molecule has 0 saturated carbocycles. The molecule has 4 nitrogen and oxygen atoms in total. The van der Waals surface area contributed by atoms with Crippen LogP contribution in [0.25, 0.3) is 5.76 Å². The van der Waals surface area contributed by atoms with E-state index in [1.165, 1.54) is 23.1 Å². The molecule has 0 aromatic heterocycles. The Morgan fingerprint density at radius 3 is 2.28 bits per heavy atom. The number of Topliss-reactive ketones (excluding diaryl/α,β-unsaturated/α-hetero) is 1. The Morgan fingerprint density at radius 2 is 1.62 bits per heavy atom. The van der Waals surface area contributed by atoms with Crippen LogP contribution in [0.5, 0.6) is 0 Å². The molecular weight excluding hydrogens is 393 g/mol. The third kappa shape index (κ3) is 3.41. The maximum Gasteiger partial charge on any atom is 0.300 e. The molecule has 1 saturated heterocycles. The second-order valence-corrected chi connectivity index (χ2v) is 7.00. The predicted octanol–water partition coefficient (Wildman–Crippen LogP) is 5.11. The Balaban J connectivity index is 1.94. The number of aliphatic hydroxyl groups is 1. The lowest BCUT2D eigenvalue weighted by molar-refractivity contribution is -0.132. The number of halogens is 2. The van der Waals surface area contributed by atoms with E-state index in [4.69, 9.17) is 11.6 Å². The van der Waals surface area contributed by atoms with E-state index in [0.29, 0.717) is 16.1 Å². The summed E-state index contributed by atoms with van der Waals surface area (Å²) in [4.78, 5) is 27.0. The van der Waals surface area contributed by atoms with Crippen LogP contribution >= 0.6 is 11.6 Å². The summed E-state index contributed by atoms with van der Waals surface area (Å²) in [6.07, 6.45) is 0. The van der Waals surface area contributed by atoms with Gasteiger partial charge in [-0.15, -0.1) is 0 Å². The maximum atomic E-state index is 13.8. The van der Waals surface area contributed by atoms with Crippen LogP contribution in [-0.2, 0) is 9.59 Å². The number of benzene rings is 3. The van der Waals surface area contributed by atoms with Crippen molar-refractivity contribution in [2.45, 2.75) is 6.04 Å². The van der Waals surface area contributed by atoms with E-state index >= 15 is 0 Å². The Morgan fingerprint density at radius 1 is 0.931 bits per heavy atom. The molecule has 0 bridgehead atoms. The molecule has 144 valence electrons. The average molecular weight is 408 g/mol. The van der Waals surface area contributed by atoms with Crippen molar-refractivity contribution < 1.29 is 19.1 Å². The molecule has 1 aliphatic rings. The molecule has 1 heterocycles. The van der Waals surface area contributed by atoms with Gasteiger partial charge in [-0.25, -0.2) is 4.39 Å². The first-order valence-corrected chi connectivity index (χ1v) is 9.22. The fourth-order valence-corrected chi connectivity index (χ4v) is 3.56. The monoisotopic (exact) mass is 407 g/mol. The summed E-state index contributed by atoms with van der Waals surface area (Å²) in [7, 11) is 0. The Hall–Kier alpha value is -3.44. The highest BCUT2D eigenvalue weighted by Crippen LogP contribution is 2.42. The van der Waals surface area contributed by atoms with Crippen molar-refractivity contribution in [3.8, 4) is 0 Å². The van der Waals surface area contributed by atoms with E-state index in [1.807, 2.05) is 0 Å². The van der Waals surface area contributed by atoms with Crippen molar-refractivity contribution in [2.75, 3.05) is 4.90 Å². The van der Waals surface area contributed by atoms with Crippen molar-refractivity contribution in [1.82, 2.24) is 0 Å². The standard InChI is InChI=1S/C23H15ClFNO3/c24-16-11-9-15(10-12-16)21(27)19-20(14-5-2-1-3-6-14)26(23(29)22(19)28)18-8-4-7-17(25)13-18/h1-13,20,27H/b21-19+. The molecule has 1 N–H and O–H groups in total. The third-order valence-corrected chi connectivity index (χ3v) is 5.02. The summed E-state index contributed by atoms with van der Waals surface area (Å²) in [6.45, 7) is 0. The number of carbonyl (C=O) groups excluding carboxylic acids is 2. The number of anilines is 1. The lowest BCUT2D eigenvalue weighted by Gasteiger charge is -2.25. The van der Waals surface area contributed by atoms with Gasteiger partial charge in [-0.1, -0.05) is 48.0 Å². The van der Waals surface area contributed by atoms with Crippen LogP contribution in [0.4, 0.5) is 10.1 Å². The summed E-state index contributed by atoms with van der Waals surface area (Å²) in [5, 5.41) is 11.4. The Kier molecular flexibility index (Phi) is 4.91. The molecule has 29 heavy (non-hydrogen) atoms. The number of rotatable bonds is 3. The summed E-state index contributed by atoms with van der Waals surface area (Å²) in [6, 6.07) is 19.7. The molecule has 0 radical (unpaired) electrons. The number of amides is 1. The minimum atomic E-state index is -0.895. The molecule has 0 spiro atoms. The summed E-state index contributed by atoms with van der Waals surface area (Å²) in [5.74, 6) is -2.52. The largest absolute Gasteiger partial charge is 0.507 e. The molecule has 4 rings (SSSR count). The van der Waals surface area contributed by atoms with Gasteiger partial charge in [0.25, 0.3) is 11.7 Å². The fourth-order valence-electron chi connectivity index (χ4n) is 3.44. The first kappa shape index (κ1) is 18.9. The van der Waals surface area contributed by atoms with Gasteiger partial charge in [-0.2, -0.15) is 0 Å². The molecule has 1 fully saturated rings. The minimum absolute atomic E-state index is 0.0622. The predicted molar refractivity (Wildman–Crippen MR) is 109 cm³/mol. The van der Waals surface area contributed by atoms with Gasteiger partial charge in [0.2, 0.25) is 0 Å². The molecule has 3 aromatic carbocycles. The van der Waals surface area contributed by atoms with Crippen LogP contribution in [-0.4, -0.2) is 16.8 Å². The van der Waals surface area contributed by atoms with Crippen LogP contribution in [0.3, 0.4) is 0 Å². The van der Waals surface area contributed by atoms with Gasteiger partial charge in [0.1, 0.15) is 11.6 Å². The van der Waals surface area contributed by atoms with E-state index in [1.54, 1.807) is 60.7 Å². The quantitative estimate of drug-likeness (QED) is 0.373. The minimum Gasteiger partial charge on any atom is -0.507 e. The fraction of sp³-hybridized carbons (Fsp3) is 0.0435. The molecule has 1 unspecified atom stereocenters. The summed E-state index contributed by atoms with van der Waals surface area (Å²) < 4.78 is 13.8. The topological polar surface area (TPSA) is 57.6 Å². The number of hydrogen-bond donors (Lipinski definition) is 1. The SMILES string of the molecule is O=C1C(=O)N(c2cccc(F)c2)C(c2ccccc2)/C1=C(\O)c1ccc(Cl)cc1. The second kappa shape index (κ2) is 7.53. The zero-order valence-corrected chi connectivity index (χ0v) is 15.8. The number of ketones is 1. The highest BCUT2D eigenvalue weighted by molar-refractivity contribution is 6.51. The summed E-state index contributed by atoms with van der Waals surface area (Å²) in [5.41, 5.74) is 1.14. The number of aliphatic hydroxyl groups excluding tert-OH is 1. The Bertz CT molecular complexity index is 1130. The number of nitrogens with zero attached hydrogens (tertiary/aromatic N) is 1. The van der Waals surface area contributed by atoms with Crippen molar-refractivity contribution >= 4 is 34.7 Å². The van der Waals surface area contributed by atoms with Gasteiger partial charge in [0.05, 0.1) is 11.6 Å². The van der Waals surface area contributed by atoms with Gasteiger partial charge in [0.15, 0.2) is 0 Å². The van der Waals surface area contributed by atoms with E-state index in [-0.39, 0.29) is 17.0 Å². The van der Waals surface area contributed by atoms with Crippen molar-refractivity contribution in [1.29, 1.82) is 0 Å². The average Bonchev–Trinajstić information content (AvgIpc) is 2.99. The van der Waals surface area contributed by atoms with Crippen molar-refractivity contribution in [3.05, 3.63) is 106 Å². The lowest BCUT2D eigenvalue weighted by Crippen LogP contribution is -2.29. The van der Waals surface area contributed by atoms with E-state index in [0.717, 1.165) is 0 Å². The number of hydrogen-bond acceptors (Lipinski definition) is 3. The highest BCUT2D eigenvalue weighted by Gasteiger charge is 2.46. The summed E-state index contributed by atoms with van der Waals surface area (Å²) >= 11 is 5.91. The van der Waals surface area contributed by atoms with Crippen LogP contribution in [0.15, 0.2) is 84.4 Å². The molecule has 0 aliphatic carbocycles. The first-order chi connectivity index (χ1) is 14.0. The van der Waals surface area contributed by atoms with Gasteiger partial charge >= 0.3 is 0 Å². The van der Waals surface area contributed by atoms with Crippen LogP contribution < -0.4 is 4.90 Å². The molecular formula is C23H15ClFNO3. The highest BCUT2D eigenvalue weighted by atomic mass is 35.5. The lowest BCUT2D eigenvalue weighted by atomic mass is 9.95. The molecule has 1 atom stereocenters. The molecule has 6 heteroatoms. The van der Waals surface area contributed by atoms with Crippen LogP contribution in [0.1, 0.15) is 17.2 Å². The molecule has 1 amide bonds. The molecule has 1 aliphatic heterocycles. The van der Waals surface area contributed by atoms with E-state index in [2.05, 4.69) is 0 Å². The zero-order chi connectivity index (χ0) is 20.5. The maximum absolute atomic E-state index is 13.8. The van der Waals surface area contributed by atoms with E-state index in [9.17, 15) is 19.1 Å². The third-order valence-electron chi connectivity index (χ3n) is 4.76. The zero-order valence-electron chi connectivity index (χ0n) is 15.0. The van der Waals surface area contributed by atoms with Crippen LogP contribution in [0.2, 0.25) is 5.02 Å². The number of carbonyl (C=O) groups is 2.